The lowest BCUT2D eigenvalue weighted by Crippen LogP contribution is -2.11. The van der Waals surface area contributed by atoms with E-state index in [1.54, 1.807) is 23.9 Å². The number of anilines is 1. The Kier molecular flexibility index (Phi) is 5.66. The van der Waals surface area contributed by atoms with Crippen molar-refractivity contribution in [1.82, 2.24) is 9.55 Å². The van der Waals surface area contributed by atoms with Gasteiger partial charge in [0.1, 0.15) is 17.1 Å². The zero-order chi connectivity index (χ0) is 23.9. The third kappa shape index (κ3) is 4.44. The van der Waals surface area contributed by atoms with Gasteiger partial charge in [-0.25, -0.2) is 26.6 Å². The first-order valence-corrected chi connectivity index (χ1v) is 11.4. The minimum absolute atomic E-state index is 0.111. The quantitative estimate of drug-likeness (QED) is 0.430. The highest BCUT2D eigenvalue weighted by Gasteiger charge is 2.21. The maximum Gasteiger partial charge on any atom is 0.238 e. The van der Waals surface area contributed by atoms with Crippen molar-refractivity contribution in [3.05, 3.63) is 66.2 Å². The van der Waals surface area contributed by atoms with Crippen LogP contribution >= 0.6 is 0 Å². The van der Waals surface area contributed by atoms with Crippen molar-refractivity contribution in [3.8, 4) is 28.5 Å². The molecule has 0 radical (unpaired) electrons. The Morgan fingerprint density at radius 1 is 1.00 bits per heavy atom. The van der Waals surface area contributed by atoms with Gasteiger partial charge in [0.25, 0.3) is 0 Å². The molecule has 0 aliphatic carbocycles. The Hall–Kier alpha value is -3.73. The number of aromatic nitrogens is 2. The van der Waals surface area contributed by atoms with Gasteiger partial charge in [-0.15, -0.1) is 0 Å². The van der Waals surface area contributed by atoms with Crippen LogP contribution in [0.4, 0.5) is 18.9 Å². The number of halogens is 3. The lowest BCUT2D eigenvalue weighted by atomic mass is 10.0. The first-order valence-electron chi connectivity index (χ1n) is 9.50. The van der Waals surface area contributed by atoms with E-state index in [2.05, 4.69) is 9.71 Å². The van der Waals surface area contributed by atoms with Crippen LogP contribution in [0.5, 0.6) is 17.4 Å². The number of fused-ring (bicyclic) bond motifs is 1. The Labute approximate surface area is 187 Å². The molecule has 7 nitrogen and oxygen atoms in total. The maximum absolute atomic E-state index is 14.8. The summed E-state index contributed by atoms with van der Waals surface area (Å²) in [5.41, 5.74) is 1.07. The molecule has 1 N–H and O–H groups in total. The van der Waals surface area contributed by atoms with Crippen molar-refractivity contribution in [3.63, 3.8) is 0 Å². The molecule has 0 spiro atoms. The van der Waals surface area contributed by atoms with Crippen LogP contribution in [0.15, 0.2) is 48.8 Å². The minimum atomic E-state index is -3.80. The SMILES string of the molecule is COc1nccc2c(-c3cc(NS(C)(=O)=O)c(F)cc3Oc3ccc(F)cc3F)cn(C)c12. The van der Waals surface area contributed by atoms with E-state index in [0.717, 1.165) is 24.5 Å². The van der Waals surface area contributed by atoms with E-state index in [1.165, 1.54) is 19.4 Å². The number of nitrogens with one attached hydrogen (secondary N) is 1. The van der Waals surface area contributed by atoms with Crippen molar-refractivity contribution in [2.45, 2.75) is 0 Å². The van der Waals surface area contributed by atoms with Gasteiger partial charge >= 0.3 is 0 Å². The van der Waals surface area contributed by atoms with Gasteiger partial charge in [-0.05, 0) is 24.3 Å². The molecule has 4 aromatic rings. The van der Waals surface area contributed by atoms with Crippen LogP contribution < -0.4 is 14.2 Å². The van der Waals surface area contributed by atoms with Crippen LogP contribution in [0, 0.1) is 17.5 Å². The molecule has 0 fully saturated rings. The predicted molar refractivity (Wildman–Crippen MR) is 118 cm³/mol. The molecule has 2 heterocycles. The van der Waals surface area contributed by atoms with Gasteiger partial charge in [0.2, 0.25) is 15.9 Å². The van der Waals surface area contributed by atoms with Crippen LogP contribution in [0.3, 0.4) is 0 Å². The van der Waals surface area contributed by atoms with Crippen molar-refractivity contribution >= 4 is 26.6 Å². The highest BCUT2D eigenvalue weighted by Crippen LogP contribution is 2.42. The zero-order valence-electron chi connectivity index (χ0n) is 17.7. The second-order valence-corrected chi connectivity index (χ2v) is 9.00. The molecule has 0 amide bonds. The van der Waals surface area contributed by atoms with E-state index in [0.29, 0.717) is 28.4 Å². The molecular formula is C22H18F3N3O4S. The molecule has 0 bridgehead atoms. The van der Waals surface area contributed by atoms with Crippen molar-refractivity contribution in [2.75, 3.05) is 18.1 Å². The fraction of sp³-hybridized carbons (Fsp3) is 0.136. The summed E-state index contributed by atoms with van der Waals surface area (Å²) in [6.07, 6.45) is 4.10. The average molecular weight is 477 g/mol. The molecular weight excluding hydrogens is 459 g/mol. The lowest BCUT2D eigenvalue weighted by molar-refractivity contribution is 0.401. The number of ether oxygens (including phenoxy) is 2. The van der Waals surface area contributed by atoms with E-state index < -0.39 is 27.5 Å². The van der Waals surface area contributed by atoms with Crippen LogP contribution in [0.1, 0.15) is 0 Å². The number of hydrogen-bond donors (Lipinski definition) is 1. The predicted octanol–water partition coefficient (Wildman–Crippen LogP) is 4.83. The molecule has 0 saturated heterocycles. The highest BCUT2D eigenvalue weighted by atomic mass is 32.2. The van der Waals surface area contributed by atoms with Gasteiger partial charge < -0.3 is 14.0 Å². The Morgan fingerprint density at radius 2 is 1.76 bits per heavy atom. The van der Waals surface area contributed by atoms with E-state index in [9.17, 15) is 21.6 Å². The largest absolute Gasteiger partial charge is 0.479 e. The number of benzene rings is 2. The molecule has 0 saturated carbocycles. The third-order valence-corrected chi connectivity index (χ3v) is 5.41. The van der Waals surface area contributed by atoms with Crippen LogP contribution in [-0.2, 0) is 17.1 Å². The number of sulfonamides is 1. The van der Waals surface area contributed by atoms with Crippen molar-refractivity contribution < 1.29 is 31.1 Å². The van der Waals surface area contributed by atoms with Gasteiger partial charge in [0.15, 0.2) is 17.4 Å². The average Bonchev–Trinajstić information content (AvgIpc) is 3.07. The lowest BCUT2D eigenvalue weighted by Gasteiger charge is -2.15. The monoisotopic (exact) mass is 477 g/mol. The molecule has 2 aromatic heterocycles. The summed E-state index contributed by atoms with van der Waals surface area (Å²) in [4.78, 5) is 4.17. The molecule has 4 rings (SSSR count). The summed E-state index contributed by atoms with van der Waals surface area (Å²) in [6.45, 7) is 0. The van der Waals surface area contributed by atoms with E-state index in [1.807, 2.05) is 0 Å². The summed E-state index contributed by atoms with van der Waals surface area (Å²) in [5.74, 6) is -2.83. The second kappa shape index (κ2) is 8.32. The molecule has 172 valence electrons. The van der Waals surface area contributed by atoms with Gasteiger partial charge in [0.05, 0.1) is 19.1 Å². The third-order valence-electron chi connectivity index (χ3n) is 4.82. The Morgan fingerprint density at radius 3 is 2.42 bits per heavy atom. The normalized spacial score (nSPS) is 11.6. The highest BCUT2D eigenvalue weighted by molar-refractivity contribution is 7.92. The van der Waals surface area contributed by atoms with Crippen LogP contribution in [0.2, 0.25) is 0 Å². The fourth-order valence-electron chi connectivity index (χ4n) is 3.49. The van der Waals surface area contributed by atoms with Gasteiger partial charge in [-0.3, -0.25) is 4.72 Å². The standard InChI is InChI=1S/C22H18F3N3O4S/c1-28-11-15(13-6-7-26-22(31-2)21(13)28)14-9-18(27-33(3,29)30)16(24)10-20(14)32-19-5-4-12(23)8-17(19)25/h4-11,27H,1-3H3. The van der Waals surface area contributed by atoms with E-state index in [4.69, 9.17) is 9.47 Å². The first-order chi connectivity index (χ1) is 15.6. The van der Waals surface area contributed by atoms with Gasteiger partial charge in [0, 0.05) is 48.1 Å². The van der Waals surface area contributed by atoms with Crippen molar-refractivity contribution in [1.29, 1.82) is 0 Å². The fourth-order valence-corrected chi connectivity index (χ4v) is 4.04. The second-order valence-electron chi connectivity index (χ2n) is 7.25. The molecule has 0 aliphatic rings. The summed E-state index contributed by atoms with van der Waals surface area (Å²) in [7, 11) is -0.587. The summed E-state index contributed by atoms with van der Waals surface area (Å²) in [5, 5.41) is 0.644. The number of aryl methyl sites for hydroxylation is 1. The molecule has 0 unspecified atom stereocenters. The smallest absolute Gasteiger partial charge is 0.238 e. The van der Waals surface area contributed by atoms with Gasteiger partial charge in [-0.1, -0.05) is 0 Å². The number of methoxy groups -OCH3 is 1. The molecule has 0 aliphatic heterocycles. The maximum atomic E-state index is 14.8. The first kappa shape index (κ1) is 22.5. The number of hydrogen-bond acceptors (Lipinski definition) is 5. The molecule has 11 heteroatoms. The topological polar surface area (TPSA) is 82.4 Å². The molecule has 33 heavy (non-hydrogen) atoms. The summed E-state index contributed by atoms with van der Waals surface area (Å²) in [6, 6.07) is 6.59. The van der Waals surface area contributed by atoms with Crippen LogP contribution in [0.25, 0.3) is 22.0 Å². The molecule has 0 atom stereocenters. The summed E-state index contributed by atoms with van der Waals surface area (Å²) >= 11 is 0. The van der Waals surface area contributed by atoms with E-state index >= 15 is 0 Å². The number of nitrogens with zero attached hydrogens (tertiary/aromatic N) is 2. The molecule has 2 aromatic carbocycles. The summed E-state index contributed by atoms with van der Waals surface area (Å²) < 4.78 is 80.6. The Balaban J connectivity index is 1.97. The van der Waals surface area contributed by atoms with Crippen molar-refractivity contribution in [2.24, 2.45) is 7.05 Å². The van der Waals surface area contributed by atoms with E-state index in [-0.39, 0.29) is 22.7 Å². The number of pyridine rings is 1. The number of rotatable bonds is 6. The van der Waals surface area contributed by atoms with Crippen LogP contribution in [-0.4, -0.2) is 31.3 Å². The zero-order valence-corrected chi connectivity index (χ0v) is 18.5. The van der Waals surface area contributed by atoms with Gasteiger partial charge in [-0.2, -0.15) is 0 Å². The minimum Gasteiger partial charge on any atom is -0.479 e. The Bertz CT molecular complexity index is 1490.